The maximum atomic E-state index is 11.6. The van der Waals surface area contributed by atoms with Gasteiger partial charge in [-0.3, -0.25) is 4.79 Å². The number of nitrogens with one attached hydrogen (secondary N) is 1. The minimum Gasteiger partial charge on any atom is -0.493 e. The average Bonchev–Trinajstić information content (AvgIpc) is 3.23. The SMILES string of the molecule is C=C(C)C(=O)NCCCCCc1nc2ccccc2n1CCCCOc1ccc(/C=C/C)cc1OC. The highest BCUT2D eigenvalue weighted by molar-refractivity contribution is 5.92. The summed E-state index contributed by atoms with van der Waals surface area (Å²) in [7, 11) is 1.67. The molecule has 0 aliphatic heterocycles. The third-order valence-electron chi connectivity index (χ3n) is 6.06. The highest BCUT2D eigenvalue weighted by Gasteiger charge is 2.11. The maximum Gasteiger partial charge on any atom is 0.246 e. The molecule has 0 unspecified atom stereocenters. The van der Waals surface area contributed by atoms with E-state index in [1.165, 1.54) is 5.52 Å². The summed E-state index contributed by atoms with van der Waals surface area (Å²) in [6.07, 6.45) is 9.95. The number of allylic oxidation sites excluding steroid dienone is 1. The van der Waals surface area contributed by atoms with Gasteiger partial charge in [-0.1, -0.05) is 43.4 Å². The van der Waals surface area contributed by atoms with Gasteiger partial charge in [0.25, 0.3) is 0 Å². The predicted molar refractivity (Wildman–Crippen MR) is 148 cm³/mol. The second-order valence-electron chi connectivity index (χ2n) is 8.98. The smallest absolute Gasteiger partial charge is 0.246 e. The summed E-state index contributed by atoms with van der Waals surface area (Å²) in [6.45, 7) is 9.63. The lowest BCUT2D eigenvalue weighted by Gasteiger charge is -2.12. The Morgan fingerprint density at radius 3 is 2.69 bits per heavy atom. The van der Waals surface area contributed by atoms with Gasteiger partial charge in [0.1, 0.15) is 5.82 Å². The van der Waals surface area contributed by atoms with Crippen LogP contribution >= 0.6 is 0 Å². The van der Waals surface area contributed by atoms with Gasteiger partial charge in [-0.25, -0.2) is 4.98 Å². The summed E-state index contributed by atoms with van der Waals surface area (Å²) in [4.78, 5) is 16.5. The van der Waals surface area contributed by atoms with Crippen molar-refractivity contribution in [2.75, 3.05) is 20.3 Å². The van der Waals surface area contributed by atoms with Gasteiger partial charge < -0.3 is 19.4 Å². The number of hydrogen-bond donors (Lipinski definition) is 1. The fourth-order valence-corrected chi connectivity index (χ4v) is 4.16. The van der Waals surface area contributed by atoms with Crippen LogP contribution in [0.4, 0.5) is 0 Å². The maximum absolute atomic E-state index is 11.6. The van der Waals surface area contributed by atoms with Crippen LogP contribution in [0.2, 0.25) is 0 Å². The van der Waals surface area contributed by atoms with E-state index < -0.39 is 0 Å². The number of ether oxygens (including phenoxy) is 2. The van der Waals surface area contributed by atoms with Crippen LogP contribution in [-0.4, -0.2) is 35.7 Å². The molecule has 0 atom stereocenters. The zero-order chi connectivity index (χ0) is 25.8. The lowest BCUT2D eigenvalue weighted by Crippen LogP contribution is -2.24. The van der Waals surface area contributed by atoms with Gasteiger partial charge in [-0.05, 0) is 69.4 Å². The first-order chi connectivity index (χ1) is 17.5. The molecule has 6 nitrogen and oxygen atoms in total. The number of nitrogens with zero attached hydrogens (tertiary/aromatic N) is 2. The van der Waals surface area contributed by atoms with E-state index >= 15 is 0 Å². The number of benzene rings is 2. The molecular weight excluding hydrogens is 450 g/mol. The molecule has 0 spiro atoms. The molecular formula is C30H39N3O3. The van der Waals surface area contributed by atoms with E-state index in [2.05, 4.69) is 34.7 Å². The number of imidazole rings is 1. The average molecular weight is 490 g/mol. The highest BCUT2D eigenvalue weighted by atomic mass is 16.5. The van der Waals surface area contributed by atoms with E-state index in [0.29, 0.717) is 18.7 Å². The van der Waals surface area contributed by atoms with Crippen molar-refractivity contribution in [2.24, 2.45) is 0 Å². The first-order valence-electron chi connectivity index (χ1n) is 12.8. The summed E-state index contributed by atoms with van der Waals surface area (Å²) < 4.78 is 13.9. The zero-order valence-electron chi connectivity index (χ0n) is 21.9. The van der Waals surface area contributed by atoms with Crippen LogP contribution in [0.1, 0.15) is 57.3 Å². The number of aromatic nitrogens is 2. The molecule has 0 radical (unpaired) electrons. The number of unbranched alkanes of at least 4 members (excludes halogenated alkanes) is 3. The van der Waals surface area contributed by atoms with Gasteiger partial charge in [-0.2, -0.15) is 0 Å². The minimum atomic E-state index is -0.0649. The molecule has 1 heterocycles. The monoisotopic (exact) mass is 489 g/mol. The van der Waals surface area contributed by atoms with Crippen molar-refractivity contribution in [1.29, 1.82) is 0 Å². The second kappa shape index (κ2) is 14.1. The Kier molecular flexibility index (Phi) is 10.6. The quantitative estimate of drug-likeness (QED) is 0.200. The Morgan fingerprint density at radius 2 is 1.92 bits per heavy atom. The van der Waals surface area contributed by atoms with E-state index in [-0.39, 0.29) is 5.91 Å². The van der Waals surface area contributed by atoms with E-state index in [9.17, 15) is 4.79 Å². The fourth-order valence-electron chi connectivity index (χ4n) is 4.16. The lowest BCUT2D eigenvalue weighted by atomic mass is 10.2. The fraction of sp³-hybridized carbons (Fsp3) is 0.400. The number of fused-ring (bicyclic) bond motifs is 1. The molecule has 0 aliphatic rings. The summed E-state index contributed by atoms with van der Waals surface area (Å²) in [5, 5.41) is 2.90. The van der Waals surface area contributed by atoms with Crippen LogP contribution in [0, 0.1) is 0 Å². The summed E-state index contributed by atoms with van der Waals surface area (Å²) in [6, 6.07) is 14.3. The van der Waals surface area contributed by atoms with Crippen molar-refractivity contribution in [3.05, 3.63) is 72.1 Å². The van der Waals surface area contributed by atoms with Crippen LogP contribution in [0.25, 0.3) is 17.1 Å². The van der Waals surface area contributed by atoms with Crippen LogP contribution in [0.15, 0.2) is 60.7 Å². The number of hydrogen-bond acceptors (Lipinski definition) is 4. The van der Waals surface area contributed by atoms with Gasteiger partial charge in [0.15, 0.2) is 11.5 Å². The Balaban J connectivity index is 1.49. The van der Waals surface area contributed by atoms with Crippen LogP contribution in [0.5, 0.6) is 11.5 Å². The van der Waals surface area contributed by atoms with Gasteiger partial charge >= 0.3 is 0 Å². The van der Waals surface area contributed by atoms with Gasteiger partial charge in [0, 0.05) is 25.1 Å². The molecule has 36 heavy (non-hydrogen) atoms. The third-order valence-corrected chi connectivity index (χ3v) is 6.06. The molecule has 1 N–H and O–H groups in total. The Bertz CT molecular complexity index is 1180. The van der Waals surface area contributed by atoms with Crippen LogP contribution in [0.3, 0.4) is 0 Å². The Morgan fingerprint density at radius 1 is 1.08 bits per heavy atom. The number of carbonyl (C=O) groups excluding carboxylic acids is 1. The van der Waals surface area contributed by atoms with E-state index in [1.807, 2.05) is 43.3 Å². The standard InChI is InChI=1S/C30H39N3O3/c1-5-13-24-17-18-27(28(22-24)35-4)36-21-12-11-20-33-26-15-9-8-14-25(26)32-29(33)16-7-6-10-19-31-30(34)23(2)3/h5,8-9,13-15,17-18,22H,2,6-7,10-12,16,19-21H2,1,3-4H3,(H,31,34)/b13-5+. The van der Waals surface area contributed by atoms with Crippen LogP contribution < -0.4 is 14.8 Å². The Hall–Kier alpha value is -3.54. The molecule has 3 rings (SSSR count). The normalized spacial score (nSPS) is 11.2. The topological polar surface area (TPSA) is 65.4 Å². The number of para-hydroxylation sites is 2. The molecule has 1 amide bonds. The van der Waals surface area contributed by atoms with Crippen LogP contribution in [-0.2, 0) is 17.8 Å². The molecule has 2 aromatic carbocycles. The van der Waals surface area contributed by atoms with Gasteiger partial charge in [0.2, 0.25) is 5.91 Å². The second-order valence-corrected chi connectivity index (χ2v) is 8.98. The number of methoxy groups -OCH3 is 1. The first-order valence-corrected chi connectivity index (χ1v) is 12.8. The molecule has 0 bridgehead atoms. The van der Waals surface area contributed by atoms with Crippen molar-refractivity contribution in [2.45, 2.75) is 58.9 Å². The molecule has 192 valence electrons. The number of amides is 1. The number of aryl methyl sites for hydroxylation is 2. The van der Waals surface area contributed by atoms with Crippen molar-refractivity contribution in [1.82, 2.24) is 14.9 Å². The van der Waals surface area contributed by atoms with Gasteiger partial charge in [-0.15, -0.1) is 0 Å². The molecule has 1 aromatic heterocycles. The summed E-state index contributed by atoms with van der Waals surface area (Å²) >= 11 is 0. The largest absolute Gasteiger partial charge is 0.493 e. The number of carbonyl (C=O) groups is 1. The number of rotatable bonds is 15. The Labute approximate surface area is 215 Å². The summed E-state index contributed by atoms with van der Waals surface area (Å²) in [5.41, 5.74) is 3.88. The molecule has 0 aliphatic carbocycles. The van der Waals surface area contributed by atoms with Gasteiger partial charge in [0.05, 0.1) is 24.8 Å². The van der Waals surface area contributed by atoms with Crippen molar-refractivity contribution >= 4 is 23.0 Å². The molecule has 0 saturated carbocycles. The molecule has 3 aromatic rings. The molecule has 0 saturated heterocycles. The third kappa shape index (κ3) is 7.74. The first kappa shape index (κ1) is 27.1. The zero-order valence-corrected chi connectivity index (χ0v) is 21.9. The highest BCUT2D eigenvalue weighted by Crippen LogP contribution is 2.29. The minimum absolute atomic E-state index is 0.0649. The van der Waals surface area contributed by atoms with E-state index in [4.69, 9.17) is 14.5 Å². The van der Waals surface area contributed by atoms with E-state index in [0.717, 1.165) is 73.5 Å². The molecule has 6 heteroatoms. The van der Waals surface area contributed by atoms with E-state index in [1.54, 1.807) is 14.0 Å². The van der Waals surface area contributed by atoms with Crippen molar-refractivity contribution in [3.8, 4) is 11.5 Å². The summed E-state index contributed by atoms with van der Waals surface area (Å²) in [5.74, 6) is 2.60. The van der Waals surface area contributed by atoms with Crippen molar-refractivity contribution < 1.29 is 14.3 Å². The lowest BCUT2D eigenvalue weighted by molar-refractivity contribution is -0.117. The van der Waals surface area contributed by atoms with Crippen molar-refractivity contribution in [3.63, 3.8) is 0 Å². The predicted octanol–water partition coefficient (Wildman–Crippen LogP) is 6.34. The molecule has 0 fully saturated rings.